The van der Waals surface area contributed by atoms with Crippen LogP contribution >= 0.6 is 0 Å². The summed E-state index contributed by atoms with van der Waals surface area (Å²) < 4.78 is 4.99. The molecule has 0 radical (unpaired) electrons. The molecule has 0 unspecified atom stereocenters. The molecular formula is C8H8O3Se. The number of esters is 1. The fourth-order valence-corrected chi connectivity index (χ4v) is 3.29. The monoisotopic (exact) mass is 232 g/mol. The topological polar surface area (TPSA) is 43.4 Å². The zero-order chi connectivity index (χ0) is 8.55. The van der Waals surface area contributed by atoms with E-state index < -0.39 is 0 Å². The second-order valence-corrected chi connectivity index (χ2v) is 4.97. The normalized spacial score (nSPS) is 29.7. The van der Waals surface area contributed by atoms with E-state index in [0.29, 0.717) is 18.6 Å². The number of carbonyl (C=O) groups is 2. The quantitative estimate of drug-likeness (QED) is 0.341. The molecule has 2 saturated heterocycles. The molecule has 0 spiro atoms. The molecular weight excluding hydrogens is 223 g/mol. The predicted molar refractivity (Wildman–Crippen MR) is 42.8 cm³/mol. The van der Waals surface area contributed by atoms with Crippen LogP contribution in [-0.4, -0.2) is 32.2 Å². The van der Waals surface area contributed by atoms with Gasteiger partial charge in [0.15, 0.2) is 0 Å². The van der Waals surface area contributed by atoms with Crippen molar-refractivity contribution in [1.82, 2.24) is 0 Å². The van der Waals surface area contributed by atoms with Gasteiger partial charge in [0.25, 0.3) is 0 Å². The van der Waals surface area contributed by atoms with Crippen LogP contribution in [0.1, 0.15) is 12.8 Å². The Balaban J connectivity index is 2.34. The Bertz CT molecular complexity index is 252. The first-order chi connectivity index (χ1) is 5.79. The first-order valence-electron chi connectivity index (χ1n) is 3.85. The average Bonchev–Trinajstić information content (AvgIpc) is 2.59. The Hall–Kier alpha value is -0.601. The molecule has 0 N–H and O–H groups in total. The van der Waals surface area contributed by atoms with Gasteiger partial charge in [-0.25, -0.2) is 0 Å². The number of ether oxygens (including phenoxy) is 1. The molecule has 0 aliphatic carbocycles. The Kier molecular flexibility index (Phi) is 2.03. The average molecular weight is 231 g/mol. The van der Waals surface area contributed by atoms with E-state index in [-0.39, 0.29) is 25.6 Å². The summed E-state index contributed by atoms with van der Waals surface area (Å²) in [6.45, 7) is 0.456. The molecule has 0 bridgehead atoms. The molecule has 2 aliphatic heterocycles. The van der Waals surface area contributed by atoms with Crippen molar-refractivity contribution in [1.29, 1.82) is 0 Å². The molecule has 0 saturated carbocycles. The van der Waals surface area contributed by atoms with E-state index in [1.807, 2.05) is 0 Å². The Morgan fingerprint density at radius 2 is 2.00 bits per heavy atom. The summed E-state index contributed by atoms with van der Waals surface area (Å²) in [6, 6.07) is 0. The van der Waals surface area contributed by atoms with E-state index in [0.717, 1.165) is 17.3 Å². The number of hydrogen-bond donors (Lipinski definition) is 0. The molecule has 0 aromatic heterocycles. The fourth-order valence-electron chi connectivity index (χ4n) is 1.42. The molecule has 0 atom stereocenters. The predicted octanol–water partition coefficient (Wildman–Crippen LogP) is 0.283. The summed E-state index contributed by atoms with van der Waals surface area (Å²) in [5, 5.41) is 0.956. The van der Waals surface area contributed by atoms with Crippen molar-refractivity contribution >= 4 is 25.6 Å². The Morgan fingerprint density at radius 3 is 2.50 bits per heavy atom. The molecule has 12 heavy (non-hydrogen) atoms. The third-order valence-corrected chi connectivity index (χ3v) is 3.95. The van der Waals surface area contributed by atoms with Crippen molar-refractivity contribution in [2.45, 2.75) is 18.2 Å². The number of cyclic esters (lactones) is 1. The third-order valence-electron chi connectivity index (χ3n) is 2.03. The van der Waals surface area contributed by atoms with Crippen LogP contribution in [0.25, 0.3) is 0 Å². The second kappa shape index (κ2) is 3.03. The van der Waals surface area contributed by atoms with Gasteiger partial charge in [-0.05, 0) is 0 Å². The summed E-state index contributed by atoms with van der Waals surface area (Å²) in [4.78, 5) is 22.4. The van der Waals surface area contributed by atoms with Gasteiger partial charge in [-0.2, -0.15) is 0 Å². The first-order valence-corrected chi connectivity index (χ1v) is 5.92. The summed E-state index contributed by atoms with van der Waals surface area (Å²) >= 11 is 0.0885. The van der Waals surface area contributed by atoms with Crippen LogP contribution < -0.4 is 0 Å². The van der Waals surface area contributed by atoms with Crippen LogP contribution in [0.15, 0.2) is 11.1 Å². The van der Waals surface area contributed by atoms with E-state index in [2.05, 4.69) is 0 Å². The van der Waals surface area contributed by atoms with Gasteiger partial charge in [-0.1, -0.05) is 0 Å². The van der Waals surface area contributed by atoms with E-state index in [1.54, 1.807) is 0 Å². The molecule has 2 aliphatic rings. The van der Waals surface area contributed by atoms with Gasteiger partial charge >= 0.3 is 75.8 Å². The number of allylic oxidation sites excluding steroid dienone is 1. The molecule has 4 heteroatoms. The van der Waals surface area contributed by atoms with Crippen LogP contribution in [-0.2, 0) is 14.3 Å². The van der Waals surface area contributed by atoms with Gasteiger partial charge in [0.1, 0.15) is 0 Å². The molecule has 3 nitrogen and oxygen atoms in total. The van der Waals surface area contributed by atoms with Crippen molar-refractivity contribution in [3.63, 3.8) is 0 Å². The van der Waals surface area contributed by atoms with Gasteiger partial charge in [0, 0.05) is 0 Å². The summed E-state index contributed by atoms with van der Waals surface area (Å²) in [5.74, 6) is -0.268. The summed E-state index contributed by atoms with van der Waals surface area (Å²) in [7, 11) is 0. The van der Waals surface area contributed by atoms with Crippen LogP contribution in [0.2, 0.25) is 5.32 Å². The van der Waals surface area contributed by atoms with Gasteiger partial charge in [0.2, 0.25) is 0 Å². The number of rotatable bonds is 0. The van der Waals surface area contributed by atoms with Crippen LogP contribution in [0, 0.1) is 0 Å². The van der Waals surface area contributed by atoms with Gasteiger partial charge in [0.05, 0.1) is 0 Å². The molecule has 64 valence electrons. The van der Waals surface area contributed by atoms with Crippen molar-refractivity contribution in [2.24, 2.45) is 0 Å². The molecule has 0 aromatic carbocycles. The van der Waals surface area contributed by atoms with Crippen molar-refractivity contribution in [3.8, 4) is 0 Å². The zero-order valence-electron chi connectivity index (χ0n) is 6.46. The summed E-state index contributed by atoms with van der Waals surface area (Å²) in [5.41, 5.74) is 1.41. The standard InChI is InChI=1S/C8H8O3Se/c9-7-5(1-3-11-7)6-2-4-12-8(6)10/h1-4H2/b6-5+. The summed E-state index contributed by atoms with van der Waals surface area (Å²) in [6.07, 6.45) is 1.43. The molecule has 2 rings (SSSR count). The molecule has 2 fully saturated rings. The van der Waals surface area contributed by atoms with Crippen molar-refractivity contribution in [2.75, 3.05) is 6.61 Å². The van der Waals surface area contributed by atoms with E-state index >= 15 is 0 Å². The van der Waals surface area contributed by atoms with Crippen LogP contribution in [0.5, 0.6) is 0 Å². The van der Waals surface area contributed by atoms with Gasteiger partial charge in [-0.15, -0.1) is 0 Å². The molecule has 0 amide bonds. The Morgan fingerprint density at radius 1 is 1.17 bits per heavy atom. The molecule has 2 heterocycles. The van der Waals surface area contributed by atoms with Gasteiger partial charge in [-0.3, -0.25) is 0 Å². The minimum atomic E-state index is -0.268. The van der Waals surface area contributed by atoms with Crippen molar-refractivity contribution in [3.05, 3.63) is 11.1 Å². The minimum absolute atomic E-state index is 0.0885. The van der Waals surface area contributed by atoms with E-state index in [9.17, 15) is 9.59 Å². The Labute approximate surface area is 76.3 Å². The SMILES string of the molecule is O=C1OCC/C1=C1/CC[Se]C1=O. The fraction of sp³-hybridized carbons (Fsp3) is 0.500. The third kappa shape index (κ3) is 1.21. The maximum absolute atomic E-state index is 11.3. The van der Waals surface area contributed by atoms with Crippen LogP contribution in [0.4, 0.5) is 0 Å². The van der Waals surface area contributed by atoms with E-state index in [4.69, 9.17) is 4.74 Å². The van der Waals surface area contributed by atoms with E-state index in [1.165, 1.54) is 0 Å². The number of hydrogen-bond acceptors (Lipinski definition) is 3. The maximum atomic E-state index is 11.3. The molecule has 0 aromatic rings. The number of carbonyl (C=O) groups excluding carboxylic acids is 2. The zero-order valence-corrected chi connectivity index (χ0v) is 8.17. The first kappa shape index (κ1) is 8.02. The van der Waals surface area contributed by atoms with Gasteiger partial charge < -0.3 is 0 Å². The van der Waals surface area contributed by atoms with Crippen LogP contribution in [0.3, 0.4) is 0 Å². The second-order valence-electron chi connectivity index (χ2n) is 2.73. The van der Waals surface area contributed by atoms with Crippen molar-refractivity contribution < 1.29 is 14.3 Å².